The number of aryl methyl sites for hydroxylation is 1. The van der Waals surface area contributed by atoms with E-state index in [9.17, 15) is 0 Å². The fraction of sp³-hybridized carbons (Fsp3) is 0.538. The average Bonchev–Trinajstić information content (AvgIpc) is 3.09. The van der Waals surface area contributed by atoms with Gasteiger partial charge in [-0.25, -0.2) is 0 Å². The smallest absolute Gasteiger partial charge is 0.227 e. The molecule has 3 rings (SSSR count). The zero-order chi connectivity index (χ0) is 13.1. The van der Waals surface area contributed by atoms with Crippen LogP contribution in [0.3, 0.4) is 0 Å². The number of rotatable bonds is 5. The van der Waals surface area contributed by atoms with E-state index < -0.39 is 0 Å². The minimum absolute atomic E-state index is 0.355. The van der Waals surface area contributed by atoms with Gasteiger partial charge in [0.25, 0.3) is 0 Å². The predicted molar refractivity (Wildman–Crippen MR) is 75.0 cm³/mol. The lowest BCUT2D eigenvalue weighted by Gasteiger charge is -2.13. The van der Waals surface area contributed by atoms with E-state index in [2.05, 4.69) is 15.0 Å². The summed E-state index contributed by atoms with van der Waals surface area (Å²) >= 11 is 1.63. The summed E-state index contributed by atoms with van der Waals surface area (Å²) in [7, 11) is 0. The molecule has 1 aliphatic rings. The van der Waals surface area contributed by atoms with E-state index in [4.69, 9.17) is 10.3 Å². The van der Waals surface area contributed by atoms with Crippen LogP contribution >= 0.6 is 11.3 Å². The summed E-state index contributed by atoms with van der Waals surface area (Å²) in [6, 6.07) is 4.35. The van der Waals surface area contributed by atoms with E-state index in [1.54, 1.807) is 11.3 Å². The van der Waals surface area contributed by atoms with Crippen molar-refractivity contribution in [1.82, 2.24) is 15.0 Å². The summed E-state index contributed by atoms with van der Waals surface area (Å²) in [4.78, 5) is 7.88. The molecule has 2 aromatic heterocycles. The Morgan fingerprint density at radius 1 is 1.53 bits per heavy atom. The van der Waals surface area contributed by atoms with E-state index in [-0.39, 0.29) is 0 Å². The third-order valence-electron chi connectivity index (χ3n) is 3.38. The molecule has 0 unspecified atom stereocenters. The van der Waals surface area contributed by atoms with Crippen LogP contribution < -0.4 is 5.73 Å². The highest BCUT2D eigenvalue weighted by molar-refractivity contribution is 7.13. The fourth-order valence-corrected chi connectivity index (χ4v) is 3.03. The zero-order valence-corrected chi connectivity index (χ0v) is 11.6. The molecule has 0 amide bonds. The van der Waals surface area contributed by atoms with Crippen LogP contribution in [-0.2, 0) is 6.42 Å². The molecule has 2 N–H and O–H groups in total. The summed E-state index contributed by atoms with van der Waals surface area (Å²) in [5, 5.41) is 6.03. The van der Waals surface area contributed by atoms with Crippen LogP contribution in [0.5, 0.6) is 0 Å². The van der Waals surface area contributed by atoms with Crippen LogP contribution in [0, 0.1) is 0 Å². The summed E-state index contributed by atoms with van der Waals surface area (Å²) in [5.41, 5.74) is 5.88. The van der Waals surface area contributed by atoms with Gasteiger partial charge in [-0.3, -0.25) is 0 Å². The summed E-state index contributed by atoms with van der Waals surface area (Å²) in [6.07, 6.45) is 2.99. The lowest BCUT2D eigenvalue weighted by molar-refractivity contribution is 0.316. The third-order valence-corrected chi connectivity index (χ3v) is 4.25. The van der Waals surface area contributed by atoms with Crippen molar-refractivity contribution in [2.75, 3.05) is 19.6 Å². The Hall–Kier alpha value is -1.24. The van der Waals surface area contributed by atoms with Crippen LogP contribution in [0.2, 0.25) is 0 Å². The molecule has 0 spiro atoms. The minimum Gasteiger partial charge on any atom is -0.339 e. The highest BCUT2D eigenvalue weighted by Crippen LogP contribution is 2.21. The normalized spacial score (nSPS) is 20.2. The Bertz CT molecular complexity index is 510. The molecule has 102 valence electrons. The molecule has 0 bridgehead atoms. The lowest BCUT2D eigenvalue weighted by Crippen LogP contribution is -2.27. The minimum atomic E-state index is 0.355. The Morgan fingerprint density at radius 2 is 2.47 bits per heavy atom. The molecule has 0 aliphatic carbocycles. The van der Waals surface area contributed by atoms with Gasteiger partial charge in [-0.05, 0) is 37.4 Å². The van der Waals surface area contributed by atoms with Gasteiger partial charge in [0.15, 0.2) is 0 Å². The number of likely N-dealkylation sites (tertiary alicyclic amines) is 1. The third kappa shape index (κ3) is 3.20. The topological polar surface area (TPSA) is 68.2 Å². The van der Waals surface area contributed by atoms with Gasteiger partial charge >= 0.3 is 0 Å². The van der Waals surface area contributed by atoms with E-state index >= 15 is 0 Å². The van der Waals surface area contributed by atoms with Gasteiger partial charge in [-0.15, -0.1) is 11.3 Å². The van der Waals surface area contributed by atoms with E-state index in [1.807, 2.05) is 17.5 Å². The van der Waals surface area contributed by atoms with Gasteiger partial charge in [-0.2, -0.15) is 4.98 Å². The van der Waals surface area contributed by atoms with Crippen molar-refractivity contribution < 1.29 is 4.52 Å². The maximum atomic E-state index is 5.88. The number of thiophene rings is 1. The van der Waals surface area contributed by atoms with Gasteiger partial charge in [-0.1, -0.05) is 11.2 Å². The van der Waals surface area contributed by atoms with Crippen molar-refractivity contribution in [2.24, 2.45) is 5.73 Å². The molecule has 0 saturated carbocycles. The van der Waals surface area contributed by atoms with Crippen molar-refractivity contribution in [1.29, 1.82) is 0 Å². The second-order valence-corrected chi connectivity index (χ2v) is 5.89. The van der Waals surface area contributed by atoms with E-state index in [0.717, 1.165) is 49.7 Å². The lowest BCUT2D eigenvalue weighted by atomic mass is 10.3. The zero-order valence-electron chi connectivity index (χ0n) is 10.8. The molecular weight excluding hydrogens is 260 g/mol. The van der Waals surface area contributed by atoms with Crippen LogP contribution in [-0.4, -0.2) is 40.7 Å². The Morgan fingerprint density at radius 3 is 3.21 bits per heavy atom. The molecule has 0 radical (unpaired) electrons. The van der Waals surface area contributed by atoms with E-state index in [0.29, 0.717) is 11.9 Å². The van der Waals surface area contributed by atoms with Crippen molar-refractivity contribution >= 4 is 11.3 Å². The molecule has 1 aliphatic heterocycles. The fourth-order valence-electron chi connectivity index (χ4n) is 2.38. The van der Waals surface area contributed by atoms with Crippen LogP contribution in [0.25, 0.3) is 10.7 Å². The van der Waals surface area contributed by atoms with Crippen LogP contribution in [0.4, 0.5) is 0 Å². The number of hydrogen-bond donors (Lipinski definition) is 1. The second-order valence-electron chi connectivity index (χ2n) is 4.94. The Labute approximate surface area is 116 Å². The van der Waals surface area contributed by atoms with Gasteiger partial charge < -0.3 is 15.2 Å². The predicted octanol–water partition coefficient (Wildman–Crippen LogP) is 1.76. The summed E-state index contributed by atoms with van der Waals surface area (Å²) < 4.78 is 5.28. The monoisotopic (exact) mass is 278 g/mol. The Balaban J connectivity index is 1.48. The van der Waals surface area contributed by atoms with Crippen LogP contribution in [0.1, 0.15) is 18.7 Å². The largest absolute Gasteiger partial charge is 0.339 e. The molecule has 1 fully saturated rings. The maximum absolute atomic E-state index is 5.88. The van der Waals surface area contributed by atoms with Gasteiger partial charge in [0, 0.05) is 19.0 Å². The number of aromatic nitrogens is 2. The Kier molecular flexibility index (Phi) is 3.91. The first-order valence-electron chi connectivity index (χ1n) is 6.65. The molecule has 6 heteroatoms. The molecule has 1 saturated heterocycles. The van der Waals surface area contributed by atoms with Crippen molar-refractivity contribution in [3.8, 4) is 10.7 Å². The molecule has 0 aromatic carbocycles. The summed E-state index contributed by atoms with van der Waals surface area (Å²) in [6.45, 7) is 3.19. The molecule has 3 heterocycles. The number of nitrogens with zero attached hydrogens (tertiary/aromatic N) is 3. The first-order valence-corrected chi connectivity index (χ1v) is 7.53. The number of hydrogen-bond acceptors (Lipinski definition) is 6. The van der Waals surface area contributed by atoms with Gasteiger partial charge in [0.1, 0.15) is 0 Å². The molecule has 5 nitrogen and oxygen atoms in total. The van der Waals surface area contributed by atoms with Gasteiger partial charge in [0.2, 0.25) is 11.7 Å². The second kappa shape index (κ2) is 5.81. The van der Waals surface area contributed by atoms with Gasteiger partial charge in [0.05, 0.1) is 4.88 Å². The highest BCUT2D eigenvalue weighted by atomic mass is 32.1. The summed E-state index contributed by atoms with van der Waals surface area (Å²) in [5.74, 6) is 1.43. The first-order chi connectivity index (χ1) is 9.31. The molecular formula is C13H18N4OS. The molecule has 19 heavy (non-hydrogen) atoms. The molecule has 2 aromatic rings. The maximum Gasteiger partial charge on any atom is 0.227 e. The molecule has 1 atom stereocenters. The number of nitrogens with two attached hydrogens (primary N) is 1. The van der Waals surface area contributed by atoms with Crippen molar-refractivity contribution in [3.05, 3.63) is 23.4 Å². The highest BCUT2D eigenvalue weighted by Gasteiger charge is 2.18. The first kappa shape index (κ1) is 12.8. The van der Waals surface area contributed by atoms with Crippen molar-refractivity contribution in [3.63, 3.8) is 0 Å². The standard InChI is InChI=1S/C13H18N4OS/c14-10-5-7-17(9-10)6-1-4-12-15-13(16-18-12)11-3-2-8-19-11/h2-3,8,10H,1,4-7,9,14H2/t10-/m0/s1. The SMILES string of the molecule is N[C@H]1CCN(CCCc2nc(-c3cccs3)no2)C1. The average molecular weight is 278 g/mol. The van der Waals surface area contributed by atoms with Crippen LogP contribution in [0.15, 0.2) is 22.0 Å². The quantitative estimate of drug-likeness (QED) is 0.902. The van der Waals surface area contributed by atoms with E-state index in [1.165, 1.54) is 0 Å². The van der Waals surface area contributed by atoms with Crippen molar-refractivity contribution in [2.45, 2.75) is 25.3 Å².